The minimum Gasteiger partial charge on any atom is -0.497 e. The monoisotopic (exact) mass is 330 g/mol. The van der Waals surface area contributed by atoms with E-state index in [-0.39, 0.29) is 0 Å². The minimum absolute atomic E-state index is 0.627. The molecule has 0 radical (unpaired) electrons. The van der Waals surface area contributed by atoms with Gasteiger partial charge in [0.05, 0.1) is 26.9 Å². The second-order valence-electron chi connectivity index (χ2n) is 6.40. The standard InChI is InChI=1S/C20H26O4/c1-20(2,21)11-10-17-18(23-4)12-15(13-19(17)24-5)14-6-8-16(22-3)9-7-14/h6-9,12-13,21H,10-11H2,1-5H3. The highest BCUT2D eigenvalue weighted by Crippen LogP contribution is 2.37. The molecule has 0 saturated carbocycles. The van der Waals surface area contributed by atoms with Crippen LogP contribution >= 0.6 is 0 Å². The van der Waals surface area contributed by atoms with E-state index in [0.29, 0.717) is 12.8 Å². The lowest BCUT2D eigenvalue weighted by Crippen LogP contribution is -2.19. The van der Waals surface area contributed by atoms with Gasteiger partial charge in [0.2, 0.25) is 0 Å². The van der Waals surface area contributed by atoms with Crippen molar-refractivity contribution in [3.05, 3.63) is 42.0 Å². The number of aliphatic hydroxyl groups is 1. The number of hydrogen-bond acceptors (Lipinski definition) is 4. The smallest absolute Gasteiger partial charge is 0.126 e. The maximum Gasteiger partial charge on any atom is 0.126 e. The predicted octanol–water partition coefficient (Wildman–Crippen LogP) is 4.08. The molecule has 0 bridgehead atoms. The second-order valence-corrected chi connectivity index (χ2v) is 6.40. The molecule has 4 heteroatoms. The Labute approximate surface area is 144 Å². The summed E-state index contributed by atoms with van der Waals surface area (Å²) in [5, 5.41) is 9.99. The third-order valence-electron chi connectivity index (χ3n) is 4.02. The highest BCUT2D eigenvalue weighted by Gasteiger charge is 2.18. The molecular weight excluding hydrogens is 304 g/mol. The average Bonchev–Trinajstić information content (AvgIpc) is 2.58. The largest absolute Gasteiger partial charge is 0.497 e. The van der Waals surface area contributed by atoms with Gasteiger partial charge >= 0.3 is 0 Å². The van der Waals surface area contributed by atoms with Crippen LogP contribution in [-0.4, -0.2) is 32.0 Å². The van der Waals surface area contributed by atoms with Crippen LogP contribution in [-0.2, 0) is 6.42 Å². The van der Waals surface area contributed by atoms with E-state index in [1.807, 2.05) is 36.4 Å². The Morgan fingerprint density at radius 1 is 0.833 bits per heavy atom. The molecule has 0 unspecified atom stereocenters. The van der Waals surface area contributed by atoms with Crippen LogP contribution < -0.4 is 14.2 Å². The summed E-state index contributed by atoms with van der Waals surface area (Å²) in [4.78, 5) is 0. The third-order valence-corrected chi connectivity index (χ3v) is 4.02. The number of rotatable bonds is 7. The van der Waals surface area contributed by atoms with Crippen molar-refractivity contribution in [1.29, 1.82) is 0 Å². The normalized spacial score (nSPS) is 11.2. The molecule has 24 heavy (non-hydrogen) atoms. The van der Waals surface area contributed by atoms with Crippen LogP contribution in [0.3, 0.4) is 0 Å². The Morgan fingerprint density at radius 3 is 1.79 bits per heavy atom. The van der Waals surface area contributed by atoms with Crippen molar-refractivity contribution in [2.24, 2.45) is 0 Å². The van der Waals surface area contributed by atoms with E-state index in [1.165, 1.54) is 0 Å². The molecular formula is C20H26O4. The van der Waals surface area contributed by atoms with Gasteiger partial charge in [-0.2, -0.15) is 0 Å². The quantitative estimate of drug-likeness (QED) is 0.831. The first-order valence-electron chi connectivity index (χ1n) is 7.99. The van der Waals surface area contributed by atoms with Gasteiger partial charge in [-0.15, -0.1) is 0 Å². The lowest BCUT2D eigenvalue weighted by atomic mass is 9.95. The Bertz CT molecular complexity index is 644. The van der Waals surface area contributed by atoms with Gasteiger partial charge in [0.25, 0.3) is 0 Å². The Hall–Kier alpha value is -2.20. The fraction of sp³-hybridized carbons (Fsp3) is 0.400. The molecule has 0 heterocycles. The van der Waals surface area contributed by atoms with E-state index >= 15 is 0 Å². The van der Waals surface area contributed by atoms with E-state index in [9.17, 15) is 5.11 Å². The summed E-state index contributed by atoms with van der Waals surface area (Å²) in [5.74, 6) is 2.35. The van der Waals surface area contributed by atoms with Crippen molar-refractivity contribution < 1.29 is 19.3 Å². The molecule has 0 spiro atoms. The summed E-state index contributed by atoms with van der Waals surface area (Å²) in [7, 11) is 4.96. The molecule has 2 aromatic carbocycles. The Morgan fingerprint density at radius 2 is 1.38 bits per heavy atom. The number of ether oxygens (including phenoxy) is 3. The Balaban J connectivity index is 2.41. The van der Waals surface area contributed by atoms with Crippen LogP contribution in [0.2, 0.25) is 0 Å². The lowest BCUT2D eigenvalue weighted by molar-refractivity contribution is 0.0711. The van der Waals surface area contributed by atoms with Crippen LogP contribution in [0, 0.1) is 0 Å². The van der Waals surface area contributed by atoms with Crippen molar-refractivity contribution in [3.63, 3.8) is 0 Å². The van der Waals surface area contributed by atoms with Gasteiger partial charge in [-0.1, -0.05) is 12.1 Å². The lowest BCUT2D eigenvalue weighted by Gasteiger charge is -2.20. The van der Waals surface area contributed by atoms with Gasteiger partial charge in [-0.05, 0) is 62.1 Å². The fourth-order valence-corrected chi connectivity index (χ4v) is 2.61. The Kier molecular flexibility index (Phi) is 5.73. The zero-order valence-corrected chi connectivity index (χ0v) is 15.1. The van der Waals surface area contributed by atoms with Crippen molar-refractivity contribution >= 4 is 0 Å². The first-order valence-corrected chi connectivity index (χ1v) is 7.99. The third kappa shape index (κ3) is 4.42. The zero-order chi connectivity index (χ0) is 17.7. The van der Waals surface area contributed by atoms with E-state index in [2.05, 4.69) is 0 Å². The molecule has 2 aromatic rings. The average molecular weight is 330 g/mol. The van der Waals surface area contributed by atoms with Gasteiger partial charge in [-0.3, -0.25) is 0 Å². The van der Waals surface area contributed by atoms with Gasteiger partial charge < -0.3 is 19.3 Å². The number of hydrogen-bond donors (Lipinski definition) is 1. The molecule has 0 aliphatic rings. The summed E-state index contributed by atoms with van der Waals surface area (Å²) in [6, 6.07) is 11.9. The first-order chi connectivity index (χ1) is 11.4. The van der Waals surface area contributed by atoms with Crippen LogP contribution in [0.1, 0.15) is 25.8 Å². The zero-order valence-electron chi connectivity index (χ0n) is 15.1. The van der Waals surface area contributed by atoms with Gasteiger partial charge in [0.1, 0.15) is 17.2 Å². The van der Waals surface area contributed by atoms with E-state index in [4.69, 9.17) is 14.2 Å². The summed E-state index contributed by atoms with van der Waals surface area (Å²) in [5.41, 5.74) is 2.31. The molecule has 0 atom stereocenters. The van der Waals surface area contributed by atoms with Gasteiger partial charge in [0.15, 0.2) is 0 Å². The maximum atomic E-state index is 9.99. The molecule has 4 nitrogen and oxygen atoms in total. The molecule has 0 aromatic heterocycles. The number of methoxy groups -OCH3 is 3. The van der Waals surface area contributed by atoms with Gasteiger partial charge in [-0.25, -0.2) is 0 Å². The maximum absolute atomic E-state index is 9.99. The predicted molar refractivity (Wildman–Crippen MR) is 96.2 cm³/mol. The molecule has 1 N–H and O–H groups in total. The molecule has 0 aliphatic carbocycles. The van der Waals surface area contributed by atoms with E-state index in [1.54, 1.807) is 35.2 Å². The van der Waals surface area contributed by atoms with Crippen LogP contribution in [0.4, 0.5) is 0 Å². The summed E-state index contributed by atoms with van der Waals surface area (Å²) in [6.07, 6.45) is 1.31. The fourth-order valence-electron chi connectivity index (χ4n) is 2.61. The number of benzene rings is 2. The minimum atomic E-state index is -0.731. The van der Waals surface area contributed by atoms with Crippen LogP contribution in [0.15, 0.2) is 36.4 Å². The molecule has 130 valence electrons. The molecule has 0 fully saturated rings. The van der Waals surface area contributed by atoms with Crippen molar-refractivity contribution in [1.82, 2.24) is 0 Å². The van der Waals surface area contributed by atoms with Crippen LogP contribution in [0.5, 0.6) is 17.2 Å². The second kappa shape index (κ2) is 7.58. The molecule has 2 rings (SSSR count). The topological polar surface area (TPSA) is 47.9 Å². The van der Waals surface area contributed by atoms with Crippen molar-refractivity contribution in [2.45, 2.75) is 32.3 Å². The highest BCUT2D eigenvalue weighted by atomic mass is 16.5. The summed E-state index contributed by atoms with van der Waals surface area (Å²) >= 11 is 0. The van der Waals surface area contributed by atoms with E-state index in [0.717, 1.165) is 33.9 Å². The molecule has 0 amide bonds. The van der Waals surface area contributed by atoms with E-state index < -0.39 is 5.60 Å². The van der Waals surface area contributed by atoms with Crippen molar-refractivity contribution in [2.75, 3.05) is 21.3 Å². The molecule has 0 aliphatic heterocycles. The SMILES string of the molecule is COc1ccc(-c2cc(OC)c(CCC(C)(C)O)c(OC)c2)cc1. The summed E-state index contributed by atoms with van der Waals surface area (Å²) < 4.78 is 16.4. The van der Waals surface area contributed by atoms with Crippen LogP contribution in [0.25, 0.3) is 11.1 Å². The highest BCUT2D eigenvalue weighted by molar-refractivity contribution is 5.69. The van der Waals surface area contributed by atoms with Crippen molar-refractivity contribution in [3.8, 4) is 28.4 Å². The van der Waals surface area contributed by atoms with Gasteiger partial charge in [0, 0.05) is 5.56 Å². The first kappa shape index (κ1) is 18.1. The molecule has 0 saturated heterocycles. The summed E-state index contributed by atoms with van der Waals surface area (Å²) in [6.45, 7) is 3.61.